The summed E-state index contributed by atoms with van der Waals surface area (Å²) in [6, 6.07) is 1.69. The van der Waals surface area contributed by atoms with E-state index in [4.69, 9.17) is 23.2 Å². The molecule has 12 heteroatoms. The number of H-pyrrole nitrogens is 1. The van der Waals surface area contributed by atoms with E-state index in [2.05, 4.69) is 25.8 Å². The number of aromatic nitrogens is 4. The molecule has 0 aliphatic carbocycles. The Morgan fingerprint density at radius 2 is 2.13 bits per heavy atom. The Bertz CT molecular complexity index is 1140. The van der Waals surface area contributed by atoms with E-state index in [0.717, 1.165) is 16.6 Å². The predicted octanol–water partition coefficient (Wildman–Crippen LogP) is 3.57. The first-order valence-corrected chi connectivity index (χ1v) is 10.3. The molecule has 31 heavy (non-hydrogen) atoms. The van der Waals surface area contributed by atoms with Crippen LogP contribution >= 0.6 is 23.2 Å². The summed E-state index contributed by atoms with van der Waals surface area (Å²) in [6.45, 7) is -0.623. The molecule has 1 amide bonds. The Kier molecular flexibility index (Phi) is 5.89. The number of fused-ring (bicyclic) bond motifs is 3. The fourth-order valence-electron chi connectivity index (χ4n) is 3.92. The van der Waals surface area contributed by atoms with Crippen LogP contribution in [0.15, 0.2) is 12.3 Å². The summed E-state index contributed by atoms with van der Waals surface area (Å²) in [7, 11) is 1.69. The maximum Gasteiger partial charge on any atom is 0.401 e. The summed E-state index contributed by atoms with van der Waals surface area (Å²) < 4.78 is 37.3. The Labute approximate surface area is 185 Å². The highest BCUT2D eigenvalue weighted by Crippen LogP contribution is 2.42. The van der Waals surface area contributed by atoms with Crippen LogP contribution in [0.4, 0.5) is 13.2 Å². The molecule has 3 N–H and O–H groups in total. The van der Waals surface area contributed by atoms with E-state index in [1.165, 1.54) is 4.80 Å². The molecule has 1 aliphatic heterocycles. The molecule has 0 saturated heterocycles. The smallest absolute Gasteiger partial charge is 0.357 e. The number of aromatic amines is 1. The number of nitrogens with zero attached hydrogens (tertiary/aromatic N) is 3. The van der Waals surface area contributed by atoms with Crippen molar-refractivity contribution in [2.45, 2.75) is 24.9 Å². The molecule has 1 aliphatic rings. The summed E-state index contributed by atoms with van der Waals surface area (Å²) >= 11 is 12.8. The molecule has 1 atom stereocenters. The second-order valence-electron chi connectivity index (χ2n) is 7.46. The van der Waals surface area contributed by atoms with Crippen molar-refractivity contribution >= 4 is 40.0 Å². The van der Waals surface area contributed by atoms with Crippen molar-refractivity contribution in [2.24, 2.45) is 7.05 Å². The Hall–Kier alpha value is -2.30. The minimum Gasteiger partial charge on any atom is -0.357 e. The van der Waals surface area contributed by atoms with Crippen LogP contribution < -0.4 is 10.6 Å². The lowest BCUT2D eigenvalue weighted by molar-refractivity contribution is -0.124. The molecule has 166 valence electrons. The van der Waals surface area contributed by atoms with Gasteiger partial charge in [0.1, 0.15) is 5.69 Å². The second kappa shape index (κ2) is 8.33. The number of nitrogens with one attached hydrogen (secondary N) is 3. The second-order valence-corrected chi connectivity index (χ2v) is 8.25. The van der Waals surface area contributed by atoms with Crippen molar-refractivity contribution in [3.05, 3.63) is 33.6 Å². The first kappa shape index (κ1) is 21.9. The van der Waals surface area contributed by atoms with Gasteiger partial charge in [0.05, 0.1) is 34.7 Å². The normalized spacial score (nSPS) is 17.0. The number of benzene rings is 1. The van der Waals surface area contributed by atoms with Gasteiger partial charge >= 0.3 is 6.18 Å². The fourth-order valence-corrected chi connectivity index (χ4v) is 4.32. The van der Waals surface area contributed by atoms with E-state index in [1.807, 2.05) is 0 Å². The zero-order chi connectivity index (χ0) is 22.3. The van der Waals surface area contributed by atoms with Gasteiger partial charge in [0.25, 0.3) is 0 Å². The quantitative estimate of drug-likeness (QED) is 0.493. The number of halogens is 5. The minimum absolute atomic E-state index is 0.104. The summed E-state index contributed by atoms with van der Waals surface area (Å²) in [5.41, 5.74) is 3.32. The number of carbonyl (C=O) groups excluding carboxylic acids is 1. The number of carbonyl (C=O) groups is 1. The highest BCUT2D eigenvalue weighted by Gasteiger charge is 2.30. The van der Waals surface area contributed by atoms with Crippen LogP contribution in [0.5, 0.6) is 0 Å². The molecule has 1 aromatic carbocycles. The highest BCUT2D eigenvalue weighted by atomic mass is 35.5. The van der Waals surface area contributed by atoms with Gasteiger partial charge in [-0.3, -0.25) is 4.79 Å². The third kappa shape index (κ3) is 4.51. The van der Waals surface area contributed by atoms with E-state index < -0.39 is 12.7 Å². The van der Waals surface area contributed by atoms with Crippen molar-refractivity contribution in [2.75, 3.05) is 19.6 Å². The number of amides is 1. The maximum atomic E-state index is 12.4. The molecule has 0 fully saturated rings. The first-order valence-electron chi connectivity index (χ1n) is 9.57. The van der Waals surface area contributed by atoms with E-state index in [1.54, 1.807) is 19.3 Å². The van der Waals surface area contributed by atoms with Crippen molar-refractivity contribution < 1.29 is 18.0 Å². The number of rotatable bonds is 5. The van der Waals surface area contributed by atoms with Gasteiger partial charge in [0.2, 0.25) is 5.91 Å². The van der Waals surface area contributed by atoms with Crippen molar-refractivity contribution in [1.29, 1.82) is 0 Å². The highest BCUT2D eigenvalue weighted by molar-refractivity contribution is 6.45. The zero-order valence-electron chi connectivity index (χ0n) is 16.4. The van der Waals surface area contributed by atoms with E-state index in [-0.39, 0.29) is 24.8 Å². The Morgan fingerprint density at radius 3 is 2.81 bits per heavy atom. The van der Waals surface area contributed by atoms with Gasteiger partial charge < -0.3 is 15.6 Å². The number of hydrogen-bond donors (Lipinski definition) is 3. The summed E-state index contributed by atoms with van der Waals surface area (Å²) in [4.78, 5) is 17.1. The van der Waals surface area contributed by atoms with Crippen LogP contribution in [-0.4, -0.2) is 51.7 Å². The van der Waals surface area contributed by atoms with Gasteiger partial charge in [-0.1, -0.05) is 23.2 Å². The molecule has 7 nitrogen and oxygen atoms in total. The lowest BCUT2D eigenvalue weighted by Gasteiger charge is -2.16. The molecule has 0 bridgehead atoms. The van der Waals surface area contributed by atoms with Gasteiger partial charge in [-0.15, -0.1) is 0 Å². The van der Waals surface area contributed by atoms with Crippen LogP contribution in [0.3, 0.4) is 0 Å². The SMILES string of the molecule is Cn1ncc(-c2cc(Cl)c(Cl)c3[nH]c4c(c23)CC(=O)NCC4CCNCC(F)(F)F)n1. The predicted molar refractivity (Wildman–Crippen MR) is 111 cm³/mol. The molecular formula is C19H19Cl2F3N6O. The van der Waals surface area contributed by atoms with Gasteiger partial charge in [-0.25, -0.2) is 0 Å². The lowest BCUT2D eigenvalue weighted by atomic mass is 9.94. The minimum atomic E-state index is -4.28. The standard InChI is InChI=1S/C19H19Cl2F3N6O/c1-30-27-7-13(29-30)10-4-12(20)16(21)18-15(10)11-5-14(31)26-6-9(17(11)28-18)2-3-25-8-19(22,23)24/h4,7,9,25,28H,2-3,5-6,8H2,1H3,(H,26,31). The molecule has 3 aromatic rings. The Morgan fingerprint density at radius 1 is 1.35 bits per heavy atom. The molecule has 0 radical (unpaired) electrons. The molecule has 4 rings (SSSR count). The van der Waals surface area contributed by atoms with Crippen molar-refractivity contribution in [1.82, 2.24) is 30.6 Å². The largest absolute Gasteiger partial charge is 0.401 e. The molecule has 2 aromatic heterocycles. The van der Waals surface area contributed by atoms with Crippen LogP contribution in [0.1, 0.15) is 23.6 Å². The summed E-state index contributed by atoms with van der Waals surface area (Å²) in [6.07, 6.45) is -2.19. The summed E-state index contributed by atoms with van der Waals surface area (Å²) in [5.74, 6) is -0.400. The van der Waals surface area contributed by atoms with E-state index in [0.29, 0.717) is 39.8 Å². The third-order valence-corrected chi connectivity index (χ3v) is 6.06. The maximum absolute atomic E-state index is 12.4. The third-order valence-electron chi connectivity index (χ3n) is 5.27. The number of aryl methyl sites for hydroxylation is 1. The monoisotopic (exact) mass is 474 g/mol. The van der Waals surface area contributed by atoms with Crippen molar-refractivity contribution in [3.8, 4) is 11.3 Å². The summed E-state index contributed by atoms with van der Waals surface area (Å²) in [5, 5.41) is 15.1. The number of alkyl halides is 3. The topological polar surface area (TPSA) is 87.6 Å². The lowest BCUT2D eigenvalue weighted by Crippen LogP contribution is -2.32. The van der Waals surface area contributed by atoms with Gasteiger partial charge in [-0.2, -0.15) is 28.2 Å². The molecular weight excluding hydrogens is 456 g/mol. The van der Waals surface area contributed by atoms with Crippen LogP contribution in [-0.2, 0) is 18.3 Å². The zero-order valence-corrected chi connectivity index (χ0v) is 17.9. The molecule has 0 saturated carbocycles. The van der Waals surface area contributed by atoms with Crippen LogP contribution in [0, 0.1) is 0 Å². The fraction of sp³-hybridized carbons (Fsp3) is 0.421. The molecule has 0 spiro atoms. The molecule has 1 unspecified atom stereocenters. The average Bonchev–Trinajstić information content (AvgIpc) is 3.24. The molecule has 3 heterocycles. The van der Waals surface area contributed by atoms with E-state index in [9.17, 15) is 18.0 Å². The average molecular weight is 475 g/mol. The van der Waals surface area contributed by atoms with Crippen LogP contribution in [0.25, 0.3) is 22.2 Å². The van der Waals surface area contributed by atoms with Gasteiger partial charge in [-0.05, 0) is 24.6 Å². The van der Waals surface area contributed by atoms with Crippen LogP contribution in [0.2, 0.25) is 10.0 Å². The number of hydrogen-bond acceptors (Lipinski definition) is 4. The Balaban J connectivity index is 1.78. The van der Waals surface area contributed by atoms with E-state index >= 15 is 0 Å². The van der Waals surface area contributed by atoms with Gasteiger partial charge in [0, 0.05) is 36.2 Å². The first-order chi connectivity index (χ1) is 14.6. The van der Waals surface area contributed by atoms with Gasteiger partial charge in [0.15, 0.2) is 0 Å². The van der Waals surface area contributed by atoms with Crippen molar-refractivity contribution in [3.63, 3.8) is 0 Å².